The van der Waals surface area contributed by atoms with Crippen molar-refractivity contribution in [2.75, 3.05) is 16.0 Å². The monoisotopic (exact) mass is 330 g/mol. The van der Waals surface area contributed by atoms with Crippen LogP contribution in [0, 0.1) is 5.82 Å². The van der Waals surface area contributed by atoms with E-state index in [4.69, 9.17) is 5.73 Å². The highest BCUT2D eigenvalue weighted by Gasteiger charge is 2.11. The quantitative estimate of drug-likeness (QED) is 0.690. The van der Waals surface area contributed by atoms with Gasteiger partial charge in [-0.2, -0.15) is 0 Å². The third kappa shape index (κ3) is 4.54. The lowest BCUT2D eigenvalue weighted by Crippen LogP contribution is -2.20. The number of carbonyl (C=O) groups is 3. The Labute approximate surface area is 137 Å². The second-order valence-corrected chi connectivity index (χ2v) is 4.90. The second-order valence-electron chi connectivity index (χ2n) is 4.90. The first-order valence-corrected chi connectivity index (χ1v) is 6.90. The summed E-state index contributed by atoms with van der Waals surface area (Å²) in [6.45, 7) is 1.32. The minimum Gasteiger partial charge on any atom is -0.351 e. The number of benzene rings is 2. The van der Waals surface area contributed by atoms with Crippen LogP contribution in [-0.2, 0) is 4.79 Å². The summed E-state index contributed by atoms with van der Waals surface area (Å²) in [5, 5.41) is 7.25. The van der Waals surface area contributed by atoms with Crippen LogP contribution in [0.5, 0.6) is 0 Å². The number of nitrogens with two attached hydrogens (primary N) is 1. The SMILES string of the molecule is CC(=O)Nc1ccc(F)c(NC(=O)c2cccc(NC(N)=O)c2)c1. The van der Waals surface area contributed by atoms with Crippen LogP contribution in [0.1, 0.15) is 17.3 Å². The summed E-state index contributed by atoms with van der Waals surface area (Å²) in [7, 11) is 0. The number of hydrogen-bond donors (Lipinski definition) is 4. The molecule has 5 N–H and O–H groups in total. The predicted octanol–water partition coefficient (Wildman–Crippen LogP) is 2.53. The van der Waals surface area contributed by atoms with Gasteiger partial charge in [0.15, 0.2) is 0 Å². The van der Waals surface area contributed by atoms with Crippen molar-refractivity contribution in [2.24, 2.45) is 5.73 Å². The van der Waals surface area contributed by atoms with Gasteiger partial charge in [0.25, 0.3) is 5.91 Å². The Morgan fingerprint density at radius 3 is 2.33 bits per heavy atom. The number of halogens is 1. The van der Waals surface area contributed by atoms with Crippen molar-refractivity contribution in [3.05, 3.63) is 53.8 Å². The normalized spacial score (nSPS) is 9.92. The average Bonchev–Trinajstić information content (AvgIpc) is 2.49. The van der Waals surface area contributed by atoms with Gasteiger partial charge in [-0.3, -0.25) is 9.59 Å². The molecule has 124 valence electrons. The van der Waals surface area contributed by atoms with E-state index >= 15 is 0 Å². The maximum atomic E-state index is 13.8. The number of anilines is 3. The van der Waals surface area contributed by atoms with Crippen LogP contribution in [0.15, 0.2) is 42.5 Å². The smallest absolute Gasteiger partial charge is 0.316 e. The van der Waals surface area contributed by atoms with Crippen LogP contribution in [0.2, 0.25) is 0 Å². The molecule has 0 aromatic heterocycles. The summed E-state index contributed by atoms with van der Waals surface area (Å²) >= 11 is 0. The highest BCUT2D eigenvalue weighted by molar-refractivity contribution is 6.05. The molecule has 0 radical (unpaired) electrons. The van der Waals surface area contributed by atoms with E-state index in [-0.39, 0.29) is 17.2 Å². The molecule has 8 heteroatoms. The summed E-state index contributed by atoms with van der Waals surface area (Å²) in [5.41, 5.74) is 5.82. The summed E-state index contributed by atoms with van der Waals surface area (Å²) in [4.78, 5) is 34.1. The fraction of sp³-hybridized carbons (Fsp3) is 0.0625. The van der Waals surface area contributed by atoms with Crippen molar-refractivity contribution in [3.8, 4) is 0 Å². The van der Waals surface area contributed by atoms with Gasteiger partial charge in [0.2, 0.25) is 5.91 Å². The number of primary amides is 1. The van der Waals surface area contributed by atoms with E-state index in [1.165, 1.54) is 31.2 Å². The summed E-state index contributed by atoms with van der Waals surface area (Å²) in [6.07, 6.45) is 0. The Balaban J connectivity index is 2.20. The molecular formula is C16H15FN4O3. The molecule has 0 aliphatic rings. The van der Waals surface area contributed by atoms with Crippen LogP contribution >= 0.6 is 0 Å². The Morgan fingerprint density at radius 1 is 0.958 bits per heavy atom. The molecule has 0 fully saturated rings. The largest absolute Gasteiger partial charge is 0.351 e. The molecule has 2 aromatic rings. The van der Waals surface area contributed by atoms with E-state index in [9.17, 15) is 18.8 Å². The Kier molecular flexibility index (Phi) is 5.10. The topological polar surface area (TPSA) is 113 Å². The maximum absolute atomic E-state index is 13.8. The van der Waals surface area contributed by atoms with Crippen LogP contribution in [0.3, 0.4) is 0 Å². The minimum absolute atomic E-state index is 0.0838. The molecule has 0 aliphatic heterocycles. The number of hydrogen-bond acceptors (Lipinski definition) is 3. The Hall–Kier alpha value is -3.42. The third-order valence-electron chi connectivity index (χ3n) is 2.93. The van der Waals surface area contributed by atoms with Crippen molar-refractivity contribution < 1.29 is 18.8 Å². The lowest BCUT2D eigenvalue weighted by Gasteiger charge is -2.10. The molecule has 0 unspecified atom stereocenters. The zero-order valence-electron chi connectivity index (χ0n) is 12.7. The highest BCUT2D eigenvalue weighted by atomic mass is 19.1. The second kappa shape index (κ2) is 7.23. The lowest BCUT2D eigenvalue weighted by molar-refractivity contribution is -0.114. The average molecular weight is 330 g/mol. The summed E-state index contributed by atoms with van der Waals surface area (Å²) < 4.78 is 13.8. The first kappa shape index (κ1) is 16.9. The van der Waals surface area contributed by atoms with Crippen molar-refractivity contribution in [1.29, 1.82) is 0 Å². The van der Waals surface area contributed by atoms with E-state index in [1.54, 1.807) is 12.1 Å². The van der Waals surface area contributed by atoms with Gasteiger partial charge in [0.1, 0.15) is 5.82 Å². The Morgan fingerprint density at radius 2 is 1.67 bits per heavy atom. The number of rotatable bonds is 4. The molecule has 2 rings (SSSR count). The molecule has 0 saturated heterocycles. The van der Waals surface area contributed by atoms with Crippen molar-refractivity contribution in [1.82, 2.24) is 0 Å². The molecule has 0 atom stereocenters. The molecule has 2 aromatic carbocycles. The van der Waals surface area contributed by atoms with Gasteiger partial charge >= 0.3 is 6.03 Å². The number of nitrogens with one attached hydrogen (secondary N) is 3. The summed E-state index contributed by atoms with van der Waals surface area (Å²) in [6, 6.07) is 9.05. The zero-order valence-corrected chi connectivity index (χ0v) is 12.7. The van der Waals surface area contributed by atoms with Crippen LogP contribution in [0.4, 0.5) is 26.2 Å². The fourth-order valence-corrected chi connectivity index (χ4v) is 1.98. The predicted molar refractivity (Wildman–Crippen MR) is 88.3 cm³/mol. The van der Waals surface area contributed by atoms with Crippen molar-refractivity contribution >= 4 is 34.9 Å². The van der Waals surface area contributed by atoms with E-state index in [1.807, 2.05) is 0 Å². The van der Waals surface area contributed by atoms with Crippen LogP contribution < -0.4 is 21.7 Å². The first-order valence-electron chi connectivity index (χ1n) is 6.90. The van der Waals surface area contributed by atoms with Crippen LogP contribution in [0.25, 0.3) is 0 Å². The number of amides is 4. The van der Waals surface area contributed by atoms with Crippen LogP contribution in [-0.4, -0.2) is 17.8 Å². The fourth-order valence-electron chi connectivity index (χ4n) is 1.98. The highest BCUT2D eigenvalue weighted by Crippen LogP contribution is 2.21. The van der Waals surface area contributed by atoms with Gasteiger partial charge < -0.3 is 21.7 Å². The van der Waals surface area contributed by atoms with E-state index in [0.29, 0.717) is 11.4 Å². The van der Waals surface area contributed by atoms with Gasteiger partial charge in [-0.05, 0) is 36.4 Å². The van der Waals surface area contributed by atoms with Crippen molar-refractivity contribution in [2.45, 2.75) is 6.92 Å². The molecular weight excluding hydrogens is 315 g/mol. The number of carbonyl (C=O) groups excluding carboxylic acids is 3. The molecule has 0 aliphatic carbocycles. The van der Waals surface area contributed by atoms with Gasteiger partial charge in [0.05, 0.1) is 5.69 Å². The van der Waals surface area contributed by atoms with E-state index < -0.39 is 17.8 Å². The van der Waals surface area contributed by atoms with E-state index in [0.717, 1.165) is 6.07 Å². The maximum Gasteiger partial charge on any atom is 0.316 e. The third-order valence-corrected chi connectivity index (χ3v) is 2.93. The first-order chi connectivity index (χ1) is 11.3. The van der Waals surface area contributed by atoms with Gasteiger partial charge in [-0.15, -0.1) is 0 Å². The van der Waals surface area contributed by atoms with Gasteiger partial charge in [-0.1, -0.05) is 6.07 Å². The lowest BCUT2D eigenvalue weighted by atomic mass is 10.1. The molecule has 24 heavy (non-hydrogen) atoms. The van der Waals surface area contributed by atoms with Crippen molar-refractivity contribution in [3.63, 3.8) is 0 Å². The molecule has 7 nitrogen and oxygen atoms in total. The summed E-state index contributed by atoms with van der Waals surface area (Å²) in [5.74, 6) is -1.55. The molecule has 0 saturated carbocycles. The molecule has 4 amide bonds. The molecule has 0 heterocycles. The zero-order chi connectivity index (χ0) is 17.7. The van der Waals surface area contributed by atoms with Gasteiger partial charge in [-0.25, -0.2) is 9.18 Å². The number of urea groups is 1. The molecule has 0 spiro atoms. The van der Waals surface area contributed by atoms with E-state index in [2.05, 4.69) is 16.0 Å². The van der Waals surface area contributed by atoms with Gasteiger partial charge in [0, 0.05) is 23.9 Å². The minimum atomic E-state index is -0.762. The molecule has 0 bridgehead atoms. The Bertz CT molecular complexity index is 808. The standard InChI is InChI=1S/C16H15FN4O3/c1-9(22)19-12-5-6-13(17)14(8-12)21-15(23)10-3-2-4-11(7-10)20-16(18)24/h2-8H,1H3,(H,19,22)(H,21,23)(H3,18,20,24).